The fourth-order valence-electron chi connectivity index (χ4n) is 1.82. The van der Waals surface area contributed by atoms with Crippen LogP contribution in [0.25, 0.3) is 5.69 Å². The van der Waals surface area contributed by atoms with Crippen LogP contribution in [0.4, 0.5) is 18.9 Å². The molecule has 11 heteroatoms. The molecular weight excluding hydrogens is 355 g/mol. The SMILES string of the molecule is CC(C)(C)c1nn(-c2c(Cl)cc(C(F)(F)F)cc2[N+](=O)[O-])c(=O)o1. The van der Waals surface area contributed by atoms with Crippen LogP contribution in [0, 0.1) is 10.1 Å². The number of alkyl halides is 3. The Labute approximate surface area is 137 Å². The number of aromatic nitrogens is 2. The number of benzene rings is 1. The first-order chi connectivity index (χ1) is 10.8. The first-order valence-electron chi connectivity index (χ1n) is 6.48. The predicted octanol–water partition coefficient (Wildman–Crippen LogP) is 3.70. The Morgan fingerprint density at radius 1 is 1.29 bits per heavy atom. The minimum absolute atomic E-state index is 0.0437. The first-order valence-corrected chi connectivity index (χ1v) is 6.86. The smallest absolute Gasteiger partial charge is 0.391 e. The number of hydrogen-bond donors (Lipinski definition) is 0. The fraction of sp³-hybridized carbons (Fsp3) is 0.385. The quantitative estimate of drug-likeness (QED) is 0.597. The van der Waals surface area contributed by atoms with E-state index in [0.29, 0.717) is 16.8 Å². The van der Waals surface area contributed by atoms with Gasteiger partial charge in [-0.2, -0.15) is 17.9 Å². The maximum atomic E-state index is 12.8. The van der Waals surface area contributed by atoms with Gasteiger partial charge in [0.05, 0.1) is 15.5 Å². The highest BCUT2D eigenvalue weighted by Crippen LogP contribution is 2.38. The summed E-state index contributed by atoms with van der Waals surface area (Å²) in [5.41, 5.74) is -3.60. The Bertz CT molecular complexity index is 865. The molecule has 130 valence electrons. The third kappa shape index (κ3) is 3.28. The van der Waals surface area contributed by atoms with Crippen molar-refractivity contribution >= 4 is 17.3 Å². The molecule has 0 saturated heterocycles. The van der Waals surface area contributed by atoms with Crippen molar-refractivity contribution in [3.05, 3.63) is 49.3 Å². The molecule has 0 fully saturated rings. The van der Waals surface area contributed by atoms with E-state index in [4.69, 9.17) is 16.0 Å². The lowest BCUT2D eigenvalue weighted by atomic mass is 9.97. The van der Waals surface area contributed by atoms with E-state index in [-0.39, 0.29) is 5.89 Å². The number of hydrogen-bond acceptors (Lipinski definition) is 5. The van der Waals surface area contributed by atoms with Gasteiger partial charge in [-0.15, -0.1) is 5.10 Å². The molecule has 0 N–H and O–H groups in total. The minimum atomic E-state index is -4.84. The number of nitrogens with zero attached hydrogens (tertiary/aromatic N) is 3. The van der Waals surface area contributed by atoms with Crippen molar-refractivity contribution < 1.29 is 22.5 Å². The molecule has 0 aliphatic rings. The zero-order valence-electron chi connectivity index (χ0n) is 12.6. The lowest BCUT2D eigenvalue weighted by Gasteiger charge is -2.11. The molecule has 0 saturated carbocycles. The topological polar surface area (TPSA) is 91.2 Å². The molecule has 2 aromatic rings. The van der Waals surface area contributed by atoms with Crippen LogP contribution < -0.4 is 5.76 Å². The second-order valence-corrected chi connectivity index (χ2v) is 6.32. The van der Waals surface area contributed by atoms with Gasteiger partial charge in [0.1, 0.15) is 0 Å². The van der Waals surface area contributed by atoms with Crippen molar-refractivity contribution in [3.63, 3.8) is 0 Å². The van der Waals surface area contributed by atoms with Crippen LogP contribution in [0.15, 0.2) is 21.3 Å². The summed E-state index contributed by atoms with van der Waals surface area (Å²) in [4.78, 5) is 22.0. The van der Waals surface area contributed by atoms with Crippen LogP contribution in [-0.2, 0) is 11.6 Å². The second kappa shape index (κ2) is 5.62. The normalized spacial score (nSPS) is 12.5. The summed E-state index contributed by atoms with van der Waals surface area (Å²) < 4.78 is 43.8. The van der Waals surface area contributed by atoms with Crippen LogP contribution in [0.2, 0.25) is 5.02 Å². The lowest BCUT2D eigenvalue weighted by molar-refractivity contribution is -0.384. The van der Waals surface area contributed by atoms with Crippen LogP contribution in [0.3, 0.4) is 0 Å². The standard InChI is InChI=1S/C13H11ClF3N3O4/c1-12(2,3)10-18-19(11(21)24-10)9-7(14)4-6(13(15,16)17)5-8(9)20(22)23/h4-5H,1-3H3. The molecule has 0 atom stereocenters. The Morgan fingerprint density at radius 3 is 2.29 bits per heavy atom. The van der Waals surface area contributed by atoms with Gasteiger partial charge in [-0.1, -0.05) is 32.4 Å². The van der Waals surface area contributed by atoms with Crippen molar-refractivity contribution in [2.75, 3.05) is 0 Å². The largest absolute Gasteiger partial charge is 0.442 e. The number of nitro groups is 1. The Kier molecular flexibility index (Phi) is 4.21. The molecule has 1 aromatic heterocycles. The minimum Gasteiger partial charge on any atom is -0.391 e. The van der Waals surface area contributed by atoms with E-state index in [1.807, 2.05) is 0 Å². The van der Waals surface area contributed by atoms with Gasteiger partial charge in [0.25, 0.3) is 5.69 Å². The molecule has 0 spiro atoms. The number of halogens is 4. The van der Waals surface area contributed by atoms with E-state index in [2.05, 4.69) is 5.10 Å². The van der Waals surface area contributed by atoms with Gasteiger partial charge in [0.15, 0.2) is 5.69 Å². The fourth-order valence-corrected chi connectivity index (χ4v) is 2.11. The average molecular weight is 366 g/mol. The zero-order valence-corrected chi connectivity index (χ0v) is 13.4. The van der Waals surface area contributed by atoms with Crippen molar-refractivity contribution in [2.24, 2.45) is 0 Å². The van der Waals surface area contributed by atoms with Gasteiger partial charge >= 0.3 is 11.9 Å². The highest BCUT2D eigenvalue weighted by molar-refractivity contribution is 6.32. The number of nitro benzene ring substituents is 1. The Morgan fingerprint density at radius 2 is 1.88 bits per heavy atom. The van der Waals surface area contributed by atoms with Gasteiger partial charge in [-0.25, -0.2) is 4.79 Å². The molecule has 0 aliphatic heterocycles. The lowest BCUT2D eigenvalue weighted by Crippen LogP contribution is -2.17. The maximum absolute atomic E-state index is 12.8. The van der Waals surface area contributed by atoms with Crippen LogP contribution in [0.5, 0.6) is 0 Å². The van der Waals surface area contributed by atoms with Gasteiger partial charge in [-0.3, -0.25) is 10.1 Å². The summed E-state index contributed by atoms with van der Waals surface area (Å²) in [5, 5.41) is 14.3. The van der Waals surface area contributed by atoms with Crippen LogP contribution in [0.1, 0.15) is 32.2 Å². The summed E-state index contributed by atoms with van der Waals surface area (Å²) in [6.45, 7) is 5.02. The van der Waals surface area contributed by atoms with Crippen molar-refractivity contribution in [3.8, 4) is 5.69 Å². The number of rotatable bonds is 2. The maximum Gasteiger partial charge on any atom is 0.442 e. The summed E-state index contributed by atoms with van der Waals surface area (Å²) >= 11 is 5.77. The summed E-state index contributed by atoms with van der Waals surface area (Å²) in [6, 6.07) is 0.779. The zero-order chi connectivity index (χ0) is 18.4. The van der Waals surface area contributed by atoms with E-state index in [9.17, 15) is 28.1 Å². The third-order valence-electron chi connectivity index (χ3n) is 2.97. The molecule has 1 aromatic carbocycles. The molecule has 24 heavy (non-hydrogen) atoms. The predicted molar refractivity (Wildman–Crippen MR) is 77.5 cm³/mol. The molecular formula is C13H11ClF3N3O4. The summed E-state index contributed by atoms with van der Waals surface area (Å²) in [7, 11) is 0. The molecule has 2 rings (SSSR count). The van der Waals surface area contributed by atoms with Gasteiger partial charge in [0, 0.05) is 11.5 Å². The monoisotopic (exact) mass is 365 g/mol. The van der Waals surface area contributed by atoms with Gasteiger partial charge in [0.2, 0.25) is 5.89 Å². The molecule has 0 aliphatic carbocycles. The molecule has 7 nitrogen and oxygen atoms in total. The van der Waals surface area contributed by atoms with Gasteiger partial charge in [-0.05, 0) is 6.07 Å². The molecule has 0 amide bonds. The molecule has 0 bridgehead atoms. The van der Waals surface area contributed by atoms with Crippen molar-refractivity contribution in [2.45, 2.75) is 32.4 Å². The molecule has 1 heterocycles. The van der Waals surface area contributed by atoms with Crippen molar-refractivity contribution in [1.29, 1.82) is 0 Å². The van der Waals surface area contributed by atoms with Crippen molar-refractivity contribution in [1.82, 2.24) is 9.78 Å². The first kappa shape index (κ1) is 18.0. The molecule has 0 unspecified atom stereocenters. The Hall–Kier alpha value is -2.36. The summed E-state index contributed by atoms with van der Waals surface area (Å²) in [5.74, 6) is -1.14. The van der Waals surface area contributed by atoms with E-state index >= 15 is 0 Å². The third-order valence-corrected chi connectivity index (χ3v) is 3.26. The average Bonchev–Trinajstić information content (AvgIpc) is 2.78. The molecule has 0 radical (unpaired) electrons. The summed E-state index contributed by atoms with van der Waals surface area (Å²) in [6.07, 6.45) is -4.84. The van der Waals surface area contributed by atoms with E-state index in [0.717, 1.165) is 0 Å². The van der Waals surface area contributed by atoms with Crippen LogP contribution in [-0.4, -0.2) is 14.7 Å². The highest BCUT2D eigenvalue weighted by atomic mass is 35.5. The van der Waals surface area contributed by atoms with E-state index in [1.165, 1.54) is 0 Å². The van der Waals surface area contributed by atoms with E-state index in [1.54, 1.807) is 20.8 Å². The highest BCUT2D eigenvalue weighted by Gasteiger charge is 2.36. The van der Waals surface area contributed by atoms with E-state index < -0.39 is 44.2 Å². The second-order valence-electron chi connectivity index (χ2n) is 5.92. The Balaban J connectivity index is 2.78. The van der Waals surface area contributed by atoms with Crippen LogP contribution >= 0.6 is 11.6 Å². The van der Waals surface area contributed by atoms with Gasteiger partial charge < -0.3 is 4.42 Å².